The molecule has 1 aliphatic rings. The van der Waals surface area contributed by atoms with Crippen LogP contribution in [0.5, 0.6) is 0 Å². The molecule has 9 nitrogen and oxygen atoms in total. The number of nitrogens with zero attached hydrogens (tertiary/aromatic N) is 2. The summed E-state index contributed by atoms with van der Waals surface area (Å²) in [7, 11) is -3.81. The highest BCUT2D eigenvalue weighted by atomic mass is 32.2. The van der Waals surface area contributed by atoms with Crippen LogP contribution in [0.15, 0.2) is 50.3 Å². The summed E-state index contributed by atoms with van der Waals surface area (Å²) in [4.78, 5) is 12.0. The molecule has 0 unspecified atom stereocenters. The first-order valence-electron chi connectivity index (χ1n) is 9.14. The van der Waals surface area contributed by atoms with Gasteiger partial charge in [0.2, 0.25) is 10.0 Å². The van der Waals surface area contributed by atoms with Gasteiger partial charge in [0.1, 0.15) is 6.54 Å². The number of nitrogens with one attached hydrogen (secondary N) is 1. The first-order chi connectivity index (χ1) is 14.0. The topological polar surface area (TPSA) is 125 Å². The fourth-order valence-corrected chi connectivity index (χ4v) is 4.14. The molecule has 0 saturated carbocycles. The van der Waals surface area contributed by atoms with Crippen molar-refractivity contribution in [1.29, 1.82) is 0 Å². The number of aryl methyl sites for hydroxylation is 2. The summed E-state index contributed by atoms with van der Waals surface area (Å²) in [5.74, 6) is -0.131. The number of hydrogen-bond acceptors (Lipinski definition) is 8. The molecule has 152 valence electrons. The number of fused-ring (bicyclic) bond motifs is 1. The number of carbonyl (C=O) groups is 1. The molecule has 3 aromatic rings. The van der Waals surface area contributed by atoms with E-state index in [4.69, 9.17) is 13.6 Å². The number of aromatic nitrogens is 2. The van der Waals surface area contributed by atoms with E-state index in [9.17, 15) is 13.2 Å². The lowest BCUT2D eigenvalue weighted by atomic mass is 9.92. The standard InChI is InChI=1S/C19H19N3O6S/c23-18(27-12-17-21-22-19(28-17)16-6-3-9-26-16)11-20-29(24,25)15-8-7-13-4-1-2-5-14(13)10-15/h3,6-10,20H,1-2,4-5,11-12H2. The number of carbonyl (C=O) groups excluding carboxylic acids is 1. The van der Waals surface area contributed by atoms with Crippen LogP contribution in [0.1, 0.15) is 29.9 Å². The third-order valence-electron chi connectivity index (χ3n) is 4.59. The lowest BCUT2D eigenvalue weighted by molar-refractivity contribution is -0.144. The fraction of sp³-hybridized carbons (Fsp3) is 0.316. The molecule has 2 aromatic heterocycles. The molecule has 29 heavy (non-hydrogen) atoms. The van der Waals surface area contributed by atoms with Gasteiger partial charge in [0.15, 0.2) is 12.4 Å². The van der Waals surface area contributed by atoms with Crippen molar-refractivity contribution >= 4 is 16.0 Å². The van der Waals surface area contributed by atoms with Gasteiger partial charge in [0.25, 0.3) is 11.8 Å². The van der Waals surface area contributed by atoms with Crippen LogP contribution in [0, 0.1) is 0 Å². The molecule has 1 aromatic carbocycles. The zero-order valence-corrected chi connectivity index (χ0v) is 16.3. The third-order valence-corrected chi connectivity index (χ3v) is 5.99. The number of benzene rings is 1. The minimum absolute atomic E-state index is 0.0716. The smallest absolute Gasteiger partial charge is 0.321 e. The van der Waals surface area contributed by atoms with Crippen LogP contribution in [0.25, 0.3) is 11.7 Å². The van der Waals surface area contributed by atoms with Gasteiger partial charge in [-0.3, -0.25) is 4.79 Å². The summed E-state index contributed by atoms with van der Waals surface area (Å²) >= 11 is 0. The van der Waals surface area contributed by atoms with Crippen molar-refractivity contribution in [3.8, 4) is 11.7 Å². The highest BCUT2D eigenvalue weighted by Crippen LogP contribution is 2.24. The van der Waals surface area contributed by atoms with Crippen LogP contribution in [-0.2, 0) is 39.0 Å². The molecule has 1 aliphatic carbocycles. The van der Waals surface area contributed by atoms with Gasteiger partial charge in [-0.1, -0.05) is 6.07 Å². The number of rotatable bonds is 7. The van der Waals surface area contributed by atoms with Crippen molar-refractivity contribution in [2.45, 2.75) is 37.2 Å². The number of hydrogen-bond donors (Lipinski definition) is 1. The van der Waals surface area contributed by atoms with E-state index in [1.807, 2.05) is 6.07 Å². The molecule has 2 heterocycles. The maximum atomic E-state index is 12.5. The van der Waals surface area contributed by atoms with Gasteiger partial charge in [0, 0.05) is 0 Å². The minimum Gasteiger partial charge on any atom is -0.459 e. The van der Waals surface area contributed by atoms with Crippen molar-refractivity contribution in [3.05, 3.63) is 53.6 Å². The molecule has 0 aliphatic heterocycles. The Bertz CT molecular complexity index is 1100. The Kier molecular flexibility index (Phi) is 5.45. The Labute approximate surface area is 167 Å². The number of furan rings is 1. The predicted octanol–water partition coefficient (Wildman–Crippen LogP) is 2.23. The van der Waals surface area contributed by atoms with Crippen molar-refractivity contribution < 1.29 is 26.8 Å². The van der Waals surface area contributed by atoms with Crippen LogP contribution in [0.4, 0.5) is 0 Å². The number of esters is 1. The minimum atomic E-state index is -3.81. The van der Waals surface area contributed by atoms with Crippen LogP contribution >= 0.6 is 0 Å². The quantitative estimate of drug-likeness (QED) is 0.580. The number of sulfonamides is 1. The average molecular weight is 417 g/mol. The molecule has 10 heteroatoms. The van der Waals surface area contributed by atoms with E-state index in [2.05, 4.69) is 14.9 Å². The Morgan fingerprint density at radius 3 is 2.76 bits per heavy atom. The first kappa shape index (κ1) is 19.3. The largest absolute Gasteiger partial charge is 0.459 e. The number of ether oxygens (including phenoxy) is 1. The molecule has 0 fully saturated rings. The van der Waals surface area contributed by atoms with Gasteiger partial charge in [-0.15, -0.1) is 10.2 Å². The molecule has 0 radical (unpaired) electrons. The Hall–Kier alpha value is -2.98. The molecule has 0 atom stereocenters. The zero-order chi connectivity index (χ0) is 20.3. The molecular formula is C19H19N3O6S. The van der Waals surface area contributed by atoms with Crippen molar-refractivity contribution in [1.82, 2.24) is 14.9 Å². The summed E-state index contributed by atoms with van der Waals surface area (Å²) < 4.78 is 42.6. The molecule has 4 rings (SSSR count). The van der Waals surface area contributed by atoms with E-state index in [0.717, 1.165) is 31.2 Å². The van der Waals surface area contributed by atoms with Gasteiger partial charge in [-0.2, -0.15) is 4.72 Å². The second-order valence-corrected chi connectivity index (χ2v) is 8.37. The van der Waals surface area contributed by atoms with Crippen LogP contribution in [0.2, 0.25) is 0 Å². The highest BCUT2D eigenvalue weighted by Gasteiger charge is 2.19. The van der Waals surface area contributed by atoms with Gasteiger partial charge < -0.3 is 13.6 Å². The molecule has 0 saturated heterocycles. The molecule has 0 spiro atoms. The Balaban J connectivity index is 1.31. The summed E-state index contributed by atoms with van der Waals surface area (Å²) in [6.45, 7) is -0.772. The lowest BCUT2D eigenvalue weighted by Gasteiger charge is -2.16. The monoisotopic (exact) mass is 417 g/mol. The lowest BCUT2D eigenvalue weighted by Crippen LogP contribution is -2.30. The van der Waals surface area contributed by atoms with Crippen LogP contribution < -0.4 is 4.72 Å². The van der Waals surface area contributed by atoms with E-state index in [-0.39, 0.29) is 23.3 Å². The Morgan fingerprint density at radius 1 is 1.14 bits per heavy atom. The first-order valence-corrected chi connectivity index (χ1v) is 10.6. The van der Waals surface area contributed by atoms with E-state index in [1.54, 1.807) is 24.3 Å². The second-order valence-electron chi connectivity index (χ2n) is 6.60. The molecular weight excluding hydrogens is 398 g/mol. The predicted molar refractivity (Wildman–Crippen MR) is 100 cm³/mol. The molecule has 0 amide bonds. The fourth-order valence-electron chi connectivity index (χ4n) is 3.12. The normalized spacial score (nSPS) is 13.8. The van der Waals surface area contributed by atoms with Crippen molar-refractivity contribution in [2.24, 2.45) is 0 Å². The molecule has 1 N–H and O–H groups in total. The van der Waals surface area contributed by atoms with Crippen molar-refractivity contribution in [2.75, 3.05) is 6.54 Å². The second kappa shape index (κ2) is 8.18. The van der Waals surface area contributed by atoms with Gasteiger partial charge in [-0.05, 0) is 61.1 Å². The molecule has 0 bridgehead atoms. The zero-order valence-electron chi connectivity index (χ0n) is 15.5. The van der Waals surface area contributed by atoms with Gasteiger partial charge >= 0.3 is 5.97 Å². The SMILES string of the molecule is O=C(CNS(=O)(=O)c1ccc2c(c1)CCCC2)OCc1nnc(-c2ccco2)o1. The van der Waals surface area contributed by atoms with Gasteiger partial charge in [0.05, 0.1) is 11.2 Å². The third kappa shape index (κ3) is 4.54. The van der Waals surface area contributed by atoms with Gasteiger partial charge in [-0.25, -0.2) is 8.42 Å². The summed E-state index contributed by atoms with van der Waals surface area (Å²) in [6, 6.07) is 8.41. The summed E-state index contributed by atoms with van der Waals surface area (Å²) in [6.07, 6.45) is 5.46. The van der Waals surface area contributed by atoms with Crippen molar-refractivity contribution in [3.63, 3.8) is 0 Å². The highest BCUT2D eigenvalue weighted by molar-refractivity contribution is 7.89. The van der Waals surface area contributed by atoms with Crippen LogP contribution in [-0.4, -0.2) is 31.1 Å². The van der Waals surface area contributed by atoms with E-state index in [0.29, 0.717) is 5.76 Å². The Morgan fingerprint density at radius 2 is 1.97 bits per heavy atom. The summed E-state index contributed by atoms with van der Waals surface area (Å²) in [5, 5.41) is 7.53. The van der Waals surface area contributed by atoms with E-state index >= 15 is 0 Å². The summed E-state index contributed by atoms with van der Waals surface area (Å²) in [5.41, 5.74) is 2.23. The average Bonchev–Trinajstić information content (AvgIpc) is 3.42. The maximum Gasteiger partial charge on any atom is 0.321 e. The maximum absolute atomic E-state index is 12.5. The van der Waals surface area contributed by atoms with E-state index in [1.165, 1.54) is 11.8 Å². The van der Waals surface area contributed by atoms with Crippen LogP contribution in [0.3, 0.4) is 0 Å². The van der Waals surface area contributed by atoms with E-state index < -0.39 is 22.5 Å².